The van der Waals surface area contributed by atoms with Gasteiger partial charge in [0.2, 0.25) is 5.91 Å². The van der Waals surface area contributed by atoms with Gasteiger partial charge in [-0.3, -0.25) is 4.79 Å². The highest BCUT2D eigenvalue weighted by molar-refractivity contribution is 5.84. The maximum absolute atomic E-state index is 11.7. The summed E-state index contributed by atoms with van der Waals surface area (Å²) < 4.78 is 0. The largest absolute Gasteiger partial charge is 0.368 e. The lowest BCUT2D eigenvalue weighted by Crippen LogP contribution is -2.55. The van der Waals surface area contributed by atoms with Gasteiger partial charge in [-0.05, 0) is 53.1 Å². The lowest BCUT2D eigenvalue weighted by molar-refractivity contribution is -0.124. The van der Waals surface area contributed by atoms with Gasteiger partial charge >= 0.3 is 0 Å². The van der Waals surface area contributed by atoms with Gasteiger partial charge in [-0.1, -0.05) is 6.92 Å². The number of nitrogens with one attached hydrogen (secondary N) is 1. The number of primary amides is 1. The average molecular weight is 298 g/mol. The Morgan fingerprint density at radius 2 is 1.76 bits per heavy atom. The standard InChI is InChI=1S/C16H34N4O/c1-5-19-10-12-20(13-11-19)9-7-6-8-16(4,15(17)21)18-14(2)3/h14,18H,5-13H2,1-4H3,(H2,17,21). The minimum Gasteiger partial charge on any atom is -0.368 e. The summed E-state index contributed by atoms with van der Waals surface area (Å²) in [6.45, 7) is 15.3. The van der Waals surface area contributed by atoms with Crippen molar-refractivity contribution in [2.45, 2.75) is 58.5 Å². The van der Waals surface area contributed by atoms with E-state index in [-0.39, 0.29) is 11.9 Å². The number of carbonyl (C=O) groups excluding carboxylic acids is 1. The molecule has 1 rings (SSSR count). The highest BCUT2D eigenvalue weighted by Gasteiger charge is 2.30. The lowest BCUT2D eigenvalue weighted by atomic mass is 9.93. The molecule has 1 saturated heterocycles. The van der Waals surface area contributed by atoms with E-state index < -0.39 is 5.54 Å². The Morgan fingerprint density at radius 1 is 1.19 bits per heavy atom. The van der Waals surface area contributed by atoms with Gasteiger partial charge in [0.05, 0.1) is 5.54 Å². The van der Waals surface area contributed by atoms with Gasteiger partial charge in [0.15, 0.2) is 0 Å². The maximum Gasteiger partial charge on any atom is 0.237 e. The number of nitrogens with two attached hydrogens (primary N) is 1. The van der Waals surface area contributed by atoms with Crippen molar-refractivity contribution in [1.29, 1.82) is 0 Å². The second-order valence-electron chi connectivity index (χ2n) is 6.73. The average Bonchev–Trinajstić information content (AvgIpc) is 2.43. The van der Waals surface area contributed by atoms with Crippen molar-refractivity contribution < 1.29 is 4.79 Å². The van der Waals surface area contributed by atoms with E-state index in [1.54, 1.807) is 0 Å². The number of carbonyl (C=O) groups is 1. The van der Waals surface area contributed by atoms with E-state index in [4.69, 9.17) is 5.73 Å². The number of likely N-dealkylation sites (N-methyl/N-ethyl adjacent to an activating group) is 1. The van der Waals surface area contributed by atoms with Crippen LogP contribution in [0.2, 0.25) is 0 Å². The van der Waals surface area contributed by atoms with Gasteiger partial charge in [0, 0.05) is 32.2 Å². The molecule has 0 spiro atoms. The highest BCUT2D eigenvalue weighted by atomic mass is 16.1. The Kier molecular flexibility index (Phi) is 7.63. The zero-order chi connectivity index (χ0) is 15.9. The Bertz CT molecular complexity index is 313. The first-order valence-corrected chi connectivity index (χ1v) is 8.39. The molecule has 3 N–H and O–H groups in total. The molecule has 1 fully saturated rings. The molecule has 124 valence electrons. The molecule has 0 aromatic carbocycles. The summed E-state index contributed by atoms with van der Waals surface area (Å²) in [6, 6.07) is 0.268. The van der Waals surface area contributed by atoms with Crippen LogP contribution < -0.4 is 11.1 Å². The van der Waals surface area contributed by atoms with E-state index in [0.717, 1.165) is 32.4 Å². The zero-order valence-electron chi connectivity index (χ0n) is 14.3. The lowest BCUT2D eigenvalue weighted by Gasteiger charge is -2.34. The van der Waals surface area contributed by atoms with Gasteiger partial charge in [-0.15, -0.1) is 0 Å². The molecule has 1 amide bonds. The minimum atomic E-state index is -0.574. The number of hydrogen-bond donors (Lipinski definition) is 2. The van der Waals surface area contributed by atoms with Crippen molar-refractivity contribution in [1.82, 2.24) is 15.1 Å². The number of piperazine rings is 1. The fraction of sp³-hybridized carbons (Fsp3) is 0.938. The van der Waals surface area contributed by atoms with Crippen molar-refractivity contribution in [3.05, 3.63) is 0 Å². The summed E-state index contributed by atoms with van der Waals surface area (Å²) in [5.41, 5.74) is 4.98. The number of unbranched alkanes of at least 4 members (excludes halogenated alkanes) is 1. The minimum absolute atomic E-state index is 0.243. The second-order valence-corrected chi connectivity index (χ2v) is 6.73. The summed E-state index contributed by atoms with van der Waals surface area (Å²) >= 11 is 0. The van der Waals surface area contributed by atoms with Gasteiger partial charge < -0.3 is 20.9 Å². The second kappa shape index (κ2) is 8.71. The van der Waals surface area contributed by atoms with Crippen LogP contribution >= 0.6 is 0 Å². The van der Waals surface area contributed by atoms with Crippen LogP contribution in [0.5, 0.6) is 0 Å². The van der Waals surface area contributed by atoms with Gasteiger partial charge in [-0.25, -0.2) is 0 Å². The maximum atomic E-state index is 11.7. The number of nitrogens with zero attached hydrogens (tertiary/aromatic N) is 2. The molecule has 0 bridgehead atoms. The molecule has 0 saturated carbocycles. The molecule has 0 aliphatic carbocycles. The Morgan fingerprint density at radius 3 is 2.24 bits per heavy atom. The smallest absolute Gasteiger partial charge is 0.237 e. The first-order valence-electron chi connectivity index (χ1n) is 8.39. The first-order chi connectivity index (χ1) is 9.87. The van der Waals surface area contributed by atoms with Gasteiger partial charge in [0.1, 0.15) is 0 Å². The first kappa shape index (κ1) is 18.4. The van der Waals surface area contributed by atoms with Crippen molar-refractivity contribution in [3.8, 4) is 0 Å². The van der Waals surface area contributed by atoms with Crippen LogP contribution in [0, 0.1) is 0 Å². The van der Waals surface area contributed by atoms with Crippen molar-refractivity contribution in [3.63, 3.8) is 0 Å². The van der Waals surface area contributed by atoms with E-state index in [9.17, 15) is 4.79 Å². The molecule has 0 radical (unpaired) electrons. The highest BCUT2D eigenvalue weighted by Crippen LogP contribution is 2.15. The zero-order valence-corrected chi connectivity index (χ0v) is 14.3. The van der Waals surface area contributed by atoms with Crippen molar-refractivity contribution >= 4 is 5.91 Å². The van der Waals surface area contributed by atoms with E-state index in [0.29, 0.717) is 0 Å². The van der Waals surface area contributed by atoms with Crippen molar-refractivity contribution in [2.75, 3.05) is 39.3 Å². The molecule has 1 heterocycles. The Hall–Kier alpha value is -0.650. The molecular weight excluding hydrogens is 264 g/mol. The van der Waals surface area contributed by atoms with E-state index in [1.165, 1.54) is 26.2 Å². The third-order valence-electron chi connectivity index (χ3n) is 4.46. The van der Waals surface area contributed by atoms with Crippen LogP contribution in [0.15, 0.2) is 0 Å². The fourth-order valence-electron chi connectivity index (χ4n) is 3.05. The third-order valence-corrected chi connectivity index (χ3v) is 4.46. The summed E-state index contributed by atoms with van der Waals surface area (Å²) in [5.74, 6) is -0.243. The SMILES string of the molecule is CCN1CCN(CCCCC(C)(NC(C)C)C(N)=O)CC1. The van der Waals surface area contributed by atoms with Crippen LogP contribution in [0.1, 0.15) is 47.0 Å². The molecule has 0 aromatic rings. The Labute approximate surface area is 130 Å². The number of rotatable bonds is 9. The monoisotopic (exact) mass is 298 g/mol. The molecule has 5 heteroatoms. The van der Waals surface area contributed by atoms with E-state index in [2.05, 4.69) is 35.9 Å². The molecule has 1 aliphatic rings. The normalized spacial score (nSPS) is 20.6. The topological polar surface area (TPSA) is 61.6 Å². The molecule has 1 atom stereocenters. The van der Waals surface area contributed by atoms with Crippen LogP contribution in [-0.2, 0) is 4.79 Å². The summed E-state index contributed by atoms with van der Waals surface area (Å²) in [5, 5.41) is 3.31. The molecular formula is C16H34N4O. The van der Waals surface area contributed by atoms with E-state index >= 15 is 0 Å². The molecule has 21 heavy (non-hydrogen) atoms. The van der Waals surface area contributed by atoms with Crippen LogP contribution in [0.4, 0.5) is 0 Å². The van der Waals surface area contributed by atoms with Gasteiger partial charge in [-0.2, -0.15) is 0 Å². The van der Waals surface area contributed by atoms with Crippen LogP contribution in [-0.4, -0.2) is 66.6 Å². The predicted molar refractivity (Wildman–Crippen MR) is 88.3 cm³/mol. The molecule has 5 nitrogen and oxygen atoms in total. The third kappa shape index (κ3) is 6.32. The molecule has 1 aliphatic heterocycles. The summed E-state index contributed by atoms with van der Waals surface area (Å²) in [4.78, 5) is 16.7. The fourth-order valence-corrected chi connectivity index (χ4v) is 3.05. The number of hydrogen-bond acceptors (Lipinski definition) is 4. The van der Waals surface area contributed by atoms with Crippen LogP contribution in [0.25, 0.3) is 0 Å². The van der Waals surface area contributed by atoms with Crippen LogP contribution in [0.3, 0.4) is 0 Å². The molecule has 1 unspecified atom stereocenters. The Balaban J connectivity index is 2.24. The van der Waals surface area contributed by atoms with Crippen molar-refractivity contribution in [2.24, 2.45) is 5.73 Å². The number of amides is 1. The molecule has 0 aromatic heterocycles. The quantitative estimate of drug-likeness (QED) is 0.624. The summed E-state index contributed by atoms with van der Waals surface area (Å²) in [6.07, 6.45) is 2.98. The van der Waals surface area contributed by atoms with E-state index in [1.807, 2.05) is 6.92 Å². The van der Waals surface area contributed by atoms with Gasteiger partial charge in [0.25, 0.3) is 0 Å². The predicted octanol–water partition coefficient (Wildman–Crippen LogP) is 1.04. The summed E-state index contributed by atoms with van der Waals surface area (Å²) in [7, 11) is 0.